The molecule has 2 heterocycles. The van der Waals surface area contributed by atoms with E-state index in [1.807, 2.05) is 29.7 Å². The molecule has 1 aliphatic carbocycles. The molecule has 3 rings (SSSR count). The lowest BCUT2D eigenvalue weighted by molar-refractivity contribution is -0.00295. The molecule has 0 aliphatic heterocycles. The molecule has 0 aromatic carbocycles. The number of nitrogens with zero attached hydrogens (tertiary/aromatic N) is 2. The zero-order valence-corrected chi connectivity index (χ0v) is 13.9. The largest absolute Gasteiger partial charge is 0.376 e. The Labute approximate surface area is 137 Å². The van der Waals surface area contributed by atoms with E-state index < -0.39 is 0 Å². The van der Waals surface area contributed by atoms with Gasteiger partial charge in [-0.2, -0.15) is 0 Å². The molecule has 2 aromatic heterocycles. The number of pyridine rings is 1. The van der Waals surface area contributed by atoms with Crippen LogP contribution >= 0.6 is 0 Å². The zero-order chi connectivity index (χ0) is 16.2. The molecule has 0 bridgehead atoms. The van der Waals surface area contributed by atoms with E-state index in [9.17, 15) is 4.79 Å². The van der Waals surface area contributed by atoms with Crippen LogP contribution in [0.2, 0.25) is 0 Å². The first kappa shape index (κ1) is 16.0. The highest BCUT2D eigenvalue weighted by atomic mass is 16.5. The molecule has 2 unspecified atom stereocenters. The number of carbonyl (C=O) groups is 1. The third-order valence-corrected chi connectivity index (χ3v) is 4.60. The van der Waals surface area contributed by atoms with E-state index >= 15 is 0 Å². The molecule has 2 aromatic rings. The Bertz CT molecular complexity index is 680. The average molecular weight is 315 g/mol. The van der Waals surface area contributed by atoms with Crippen molar-refractivity contribution in [1.29, 1.82) is 0 Å². The van der Waals surface area contributed by atoms with Crippen LogP contribution in [0, 0.1) is 12.8 Å². The highest BCUT2D eigenvalue weighted by Crippen LogP contribution is 2.25. The van der Waals surface area contributed by atoms with Crippen molar-refractivity contribution in [2.75, 3.05) is 13.2 Å². The topological polar surface area (TPSA) is 55.6 Å². The Balaban J connectivity index is 1.48. The van der Waals surface area contributed by atoms with E-state index in [0.29, 0.717) is 30.9 Å². The summed E-state index contributed by atoms with van der Waals surface area (Å²) in [6.07, 6.45) is 8.97. The Kier molecular flexibility index (Phi) is 4.96. The normalized spacial score (nSPS) is 21.5. The molecule has 1 fully saturated rings. The number of fused-ring (bicyclic) bond motifs is 1. The van der Waals surface area contributed by atoms with Gasteiger partial charge in [0, 0.05) is 18.9 Å². The summed E-state index contributed by atoms with van der Waals surface area (Å²) in [5.74, 6) is 0.479. The van der Waals surface area contributed by atoms with Crippen molar-refractivity contribution in [2.24, 2.45) is 5.92 Å². The average Bonchev–Trinajstić information content (AvgIpc) is 2.96. The second-order valence-corrected chi connectivity index (χ2v) is 6.52. The van der Waals surface area contributed by atoms with Crippen LogP contribution < -0.4 is 5.32 Å². The van der Waals surface area contributed by atoms with Crippen LogP contribution in [-0.4, -0.2) is 34.5 Å². The van der Waals surface area contributed by atoms with Crippen molar-refractivity contribution in [1.82, 2.24) is 14.7 Å². The van der Waals surface area contributed by atoms with Crippen LogP contribution in [-0.2, 0) is 4.74 Å². The van der Waals surface area contributed by atoms with E-state index in [2.05, 4.69) is 17.2 Å². The van der Waals surface area contributed by atoms with Gasteiger partial charge in [-0.3, -0.25) is 4.79 Å². The maximum Gasteiger partial charge on any atom is 0.271 e. The fourth-order valence-electron chi connectivity index (χ4n) is 3.19. The van der Waals surface area contributed by atoms with Crippen LogP contribution in [0.3, 0.4) is 0 Å². The third-order valence-electron chi connectivity index (χ3n) is 4.60. The van der Waals surface area contributed by atoms with Crippen LogP contribution in [0.25, 0.3) is 5.65 Å². The van der Waals surface area contributed by atoms with Crippen molar-refractivity contribution in [3.8, 4) is 0 Å². The number of rotatable bonds is 5. The van der Waals surface area contributed by atoms with Crippen LogP contribution in [0.1, 0.15) is 48.7 Å². The van der Waals surface area contributed by atoms with Crippen molar-refractivity contribution in [3.05, 3.63) is 35.8 Å². The summed E-state index contributed by atoms with van der Waals surface area (Å²) in [5.41, 5.74) is 2.37. The summed E-state index contributed by atoms with van der Waals surface area (Å²) in [7, 11) is 0. The molecule has 0 saturated heterocycles. The monoisotopic (exact) mass is 315 g/mol. The van der Waals surface area contributed by atoms with Gasteiger partial charge in [0.2, 0.25) is 0 Å². The first-order valence-corrected chi connectivity index (χ1v) is 8.48. The lowest BCUT2D eigenvalue weighted by Gasteiger charge is -2.28. The summed E-state index contributed by atoms with van der Waals surface area (Å²) in [4.78, 5) is 16.5. The van der Waals surface area contributed by atoms with Gasteiger partial charge in [-0.05, 0) is 43.4 Å². The van der Waals surface area contributed by atoms with Gasteiger partial charge in [0.15, 0.2) is 0 Å². The molecule has 0 spiro atoms. The fraction of sp³-hybridized carbons (Fsp3) is 0.556. The lowest BCUT2D eigenvalue weighted by atomic mass is 9.88. The summed E-state index contributed by atoms with van der Waals surface area (Å²) in [5, 5.41) is 2.89. The molecule has 23 heavy (non-hydrogen) atoms. The number of ether oxygens (including phenoxy) is 1. The number of imidazole rings is 1. The van der Waals surface area contributed by atoms with Crippen LogP contribution in [0.15, 0.2) is 24.5 Å². The summed E-state index contributed by atoms with van der Waals surface area (Å²) < 4.78 is 7.78. The standard InChI is InChI=1S/C18H25N3O2/c1-13-7-9-21-12-15(20-17(21)11-13)18(22)19-8-10-23-16-6-4-3-5-14(16)2/h7,9,11-12,14,16H,3-6,8,10H2,1-2H3,(H,19,22). The molecule has 5 nitrogen and oxygen atoms in total. The summed E-state index contributed by atoms with van der Waals surface area (Å²) in [6, 6.07) is 3.96. The Morgan fingerprint density at radius 1 is 1.43 bits per heavy atom. The zero-order valence-electron chi connectivity index (χ0n) is 13.9. The molecule has 124 valence electrons. The molecule has 1 N–H and O–H groups in total. The second-order valence-electron chi connectivity index (χ2n) is 6.52. The predicted molar refractivity (Wildman–Crippen MR) is 89.6 cm³/mol. The van der Waals surface area contributed by atoms with Gasteiger partial charge in [-0.1, -0.05) is 19.8 Å². The van der Waals surface area contributed by atoms with Crippen molar-refractivity contribution in [2.45, 2.75) is 45.6 Å². The fourth-order valence-corrected chi connectivity index (χ4v) is 3.19. The van der Waals surface area contributed by atoms with Gasteiger partial charge in [-0.25, -0.2) is 4.98 Å². The minimum absolute atomic E-state index is 0.147. The summed E-state index contributed by atoms with van der Waals surface area (Å²) >= 11 is 0. The van der Waals surface area contributed by atoms with Crippen LogP contribution in [0.5, 0.6) is 0 Å². The van der Waals surface area contributed by atoms with E-state index in [-0.39, 0.29) is 5.91 Å². The summed E-state index contributed by atoms with van der Waals surface area (Å²) in [6.45, 7) is 5.35. The molecule has 5 heteroatoms. The minimum atomic E-state index is -0.147. The third kappa shape index (κ3) is 3.91. The Morgan fingerprint density at radius 2 is 2.26 bits per heavy atom. The van der Waals surface area contributed by atoms with Gasteiger partial charge < -0.3 is 14.5 Å². The SMILES string of the molecule is Cc1ccn2cc(C(=O)NCCOC3CCCCC3C)nc2c1. The highest BCUT2D eigenvalue weighted by Gasteiger charge is 2.21. The van der Waals surface area contributed by atoms with E-state index in [1.165, 1.54) is 19.3 Å². The minimum Gasteiger partial charge on any atom is -0.376 e. The van der Waals surface area contributed by atoms with Gasteiger partial charge in [0.05, 0.1) is 12.7 Å². The number of aromatic nitrogens is 2. The van der Waals surface area contributed by atoms with Gasteiger partial charge in [0.1, 0.15) is 11.3 Å². The van der Waals surface area contributed by atoms with Gasteiger partial charge >= 0.3 is 0 Å². The molecule has 0 radical (unpaired) electrons. The number of amides is 1. The number of aryl methyl sites for hydroxylation is 1. The molecule has 1 amide bonds. The van der Waals surface area contributed by atoms with E-state index in [1.54, 1.807) is 6.20 Å². The van der Waals surface area contributed by atoms with Crippen LogP contribution in [0.4, 0.5) is 0 Å². The molecule has 1 saturated carbocycles. The van der Waals surface area contributed by atoms with Crippen molar-refractivity contribution < 1.29 is 9.53 Å². The number of hydrogen-bond acceptors (Lipinski definition) is 3. The van der Waals surface area contributed by atoms with Crippen molar-refractivity contribution >= 4 is 11.6 Å². The molecule has 1 aliphatic rings. The lowest BCUT2D eigenvalue weighted by Crippen LogP contribution is -2.31. The first-order chi connectivity index (χ1) is 11.1. The number of nitrogens with one attached hydrogen (secondary N) is 1. The quantitative estimate of drug-likeness (QED) is 0.863. The predicted octanol–water partition coefficient (Wildman–Crippen LogP) is 2.97. The van der Waals surface area contributed by atoms with Gasteiger partial charge in [-0.15, -0.1) is 0 Å². The van der Waals surface area contributed by atoms with E-state index in [0.717, 1.165) is 17.6 Å². The Hall–Kier alpha value is -1.88. The molecular weight excluding hydrogens is 290 g/mol. The smallest absolute Gasteiger partial charge is 0.271 e. The Morgan fingerprint density at radius 3 is 3.09 bits per heavy atom. The highest BCUT2D eigenvalue weighted by molar-refractivity contribution is 5.92. The number of hydrogen-bond donors (Lipinski definition) is 1. The van der Waals surface area contributed by atoms with Crippen molar-refractivity contribution in [3.63, 3.8) is 0 Å². The maximum absolute atomic E-state index is 12.2. The molecule has 2 atom stereocenters. The second kappa shape index (κ2) is 7.13. The first-order valence-electron chi connectivity index (χ1n) is 8.48. The number of carbonyl (C=O) groups excluding carboxylic acids is 1. The van der Waals surface area contributed by atoms with Gasteiger partial charge in [0.25, 0.3) is 5.91 Å². The maximum atomic E-state index is 12.2. The molecular formula is C18H25N3O2. The van der Waals surface area contributed by atoms with E-state index in [4.69, 9.17) is 4.74 Å².